The van der Waals surface area contributed by atoms with Crippen LogP contribution in [0.4, 0.5) is 4.79 Å². The lowest BCUT2D eigenvalue weighted by molar-refractivity contribution is -0.157. The normalized spacial score (nSPS) is 17.2. The molecular formula is C19H26N2O6. The molecule has 1 heterocycles. The van der Waals surface area contributed by atoms with Crippen molar-refractivity contribution in [3.63, 3.8) is 0 Å². The van der Waals surface area contributed by atoms with E-state index in [2.05, 4.69) is 0 Å². The van der Waals surface area contributed by atoms with E-state index in [-0.39, 0.29) is 19.1 Å². The number of hydrogen-bond acceptors (Lipinski definition) is 7. The van der Waals surface area contributed by atoms with Gasteiger partial charge in [-0.3, -0.25) is 9.69 Å². The number of hydrogen-bond donors (Lipinski definition) is 1. The Kier molecular flexibility index (Phi) is 7.18. The maximum Gasteiger partial charge on any atom is 0.441 e. The molecule has 1 atom stereocenters. The summed E-state index contributed by atoms with van der Waals surface area (Å²) >= 11 is 0. The van der Waals surface area contributed by atoms with Gasteiger partial charge in [0.25, 0.3) is 0 Å². The molecule has 1 fully saturated rings. The Hall–Kier alpha value is -2.61. The van der Waals surface area contributed by atoms with Crippen LogP contribution in [-0.2, 0) is 30.5 Å². The Morgan fingerprint density at radius 1 is 1.19 bits per heavy atom. The summed E-state index contributed by atoms with van der Waals surface area (Å²) in [6, 6.07) is 9.16. The summed E-state index contributed by atoms with van der Waals surface area (Å²) in [4.78, 5) is 42.1. The second-order valence-corrected chi connectivity index (χ2v) is 7.39. The smallest absolute Gasteiger partial charge is 0.441 e. The third kappa shape index (κ3) is 7.65. The lowest BCUT2D eigenvalue weighted by Gasteiger charge is -2.22. The summed E-state index contributed by atoms with van der Waals surface area (Å²) < 4.78 is 10.2. The minimum atomic E-state index is -0.837. The average Bonchev–Trinajstić information content (AvgIpc) is 3.05. The minimum absolute atomic E-state index is 0.0807. The van der Waals surface area contributed by atoms with Crippen LogP contribution in [-0.4, -0.2) is 48.2 Å². The molecule has 0 spiro atoms. The molecule has 1 N–H and O–H groups in total. The highest BCUT2D eigenvalue weighted by Crippen LogP contribution is 2.18. The highest BCUT2D eigenvalue weighted by molar-refractivity contribution is 5.76. The van der Waals surface area contributed by atoms with Crippen LogP contribution >= 0.6 is 0 Å². The molecule has 0 aromatic heterocycles. The summed E-state index contributed by atoms with van der Waals surface area (Å²) in [5.41, 5.74) is 2.28. The van der Waals surface area contributed by atoms with Crippen LogP contribution in [0.25, 0.3) is 0 Å². The standard InChI is InChI=1S/C19H26N2O6/c1-19(2,3)26-16(22)12-21-10-9-15(11-21)17(23)27-20-18(24)25-13-14-7-5-4-6-8-14/h4-8,15H,9-13H2,1-3H3,(H,20,24). The van der Waals surface area contributed by atoms with Gasteiger partial charge in [-0.25, -0.2) is 9.59 Å². The van der Waals surface area contributed by atoms with Gasteiger partial charge in [0.05, 0.1) is 12.5 Å². The molecule has 1 unspecified atom stereocenters. The van der Waals surface area contributed by atoms with Crippen molar-refractivity contribution in [2.45, 2.75) is 39.4 Å². The van der Waals surface area contributed by atoms with Crippen molar-refractivity contribution in [3.05, 3.63) is 35.9 Å². The first kappa shape index (κ1) is 20.7. The van der Waals surface area contributed by atoms with Gasteiger partial charge in [0.2, 0.25) is 0 Å². The zero-order valence-electron chi connectivity index (χ0n) is 15.9. The number of ether oxygens (including phenoxy) is 2. The maximum atomic E-state index is 12.0. The fraction of sp³-hybridized carbons (Fsp3) is 0.526. The second kappa shape index (κ2) is 9.36. The zero-order valence-corrected chi connectivity index (χ0v) is 15.9. The van der Waals surface area contributed by atoms with Crippen LogP contribution in [0.1, 0.15) is 32.8 Å². The molecule has 1 saturated heterocycles. The van der Waals surface area contributed by atoms with Crippen molar-refractivity contribution < 1.29 is 28.7 Å². The van der Waals surface area contributed by atoms with Gasteiger partial charge >= 0.3 is 18.0 Å². The number of nitrogens with zero attached hydrogens (tertiary/aromatic N) is 1. The largest absolute Gasteiger partial charge is 0.459 e. The molecule has 1 amide bonds. The quantitative estimate of drug-likeness (QED) is 0.476. The molecular weight excluding hydrogens is 352 g/mol. The third-order valence-corrected chi connectivity index (χ3v) is 3.83. The van der Waals surface area contributed by atoms with Gasteiger partial charge in [0.15, 0.2) is 0 Å². The van der Waals surface area contributed by atoms with Crippen LogP contribution < -0.4 is 5.48 Å². The second-order valence-electron chi connectivity index (χ2n) is 7.39. The van der Waals surface area contributed by atoms with E-state index in [1.807, 2.05) is 40.7 Å². The van der Waals surface area contributed by atoms with Crippen molar-refractivity contribution in [3.8, 4) is 0 Å². The number of likely N-dealkylation sites (tertiary alicyclic amines) is 1. The topological polar surface area (TPSA) is 94.2 Å². The first-order chi connectivity index (χ1) is 12.7. The van der Waals surface area contributed by atoms with Crippen LogP contribution in [0.15, 0.2) is 30.3 Å². The molecule has 1 aliphatic heterocycles. The molecule has 1 aromatic rings. The molecule has 2 rings (SSSR count). The van der Waals surface area contributed by atoms with Gasteiger partial charge < -0.3 is 14.3 Å². The molecule has 0 aliphatic carbocycles. The van der Waals surface area contributed by atoms with Crippen molar-refractivity contribution >= 4 is 18.0 Å². The predicted molar refractivity (Wildman–Crippen MR) is 96.2 cm³/mol. The highest BCUT2D eigenvalue weighted by atomic mass is 16.7. The van der Waals surface area contributed by atoms with Gasteiger partial charge in [0.1, 0.15) is 12.2 Å². The number of nitrogens with one attached hydrogen (secondary N) is 1. The Balaban J connectivity index is 1.66. The first-order valence-electron chi connectivity index (χ1n) is 8.84. The molecule has 0 bridgehead atoms. The van der Waals surface area contributed by atoms with E-state index in [1.54, 1.807) is 20.8 Å². The number of carbonyl (C=O) groups is 3. The molecule has 27 heavy (non-hydrogen) atoms. The van der Waals surface area contributed by atoms with Crippen molar-refractivity contribution in [2.75, 3.05) is 19.6 Å². The number of hydroxylamine groups is 1. The molecule has 1 aliphatic rings. The Morgan fingerprint density at radius 3 is 2.56 bits per heavy atom. The lowest BCUT2D eigenvalue weighted by atomic mass is 10.1. The van der Waals surface area contributed by atoms with E-state index in [1.165, 1.54) is 0 Å². The van der Waals surface area contributed by atoms with Gasteiger partial charge in [-0.1, -0.05) is 30.3 Å². The Bertz CT molecular complexity index is 656. The summed E-state index contributed by atoms with van der Waals surface area (Å²) in [6.45, 7) is 6.56. The van der Waals surface area contributed by atoms with E-state index in [9.17, 15) is 14.4 Å². The molecule has 8 nitrogen and oxygen atoms in total. The summed E-state index contributed by atoms with van der Waals surface area (Å²) in [6.07, 6.45) is -0.293. The number of benzene rings is 1. The van der Waals surface area contributed by atoms with E-state index in [0.29, 0.717) is 19.5 Å². The van der Waals surface area contributed by atoms with Crippen molar-refractivity contribution in [2.24, 2.45) is 5.92 Å². The molecule has 0 saturated carbocycles. The summed E-state index contributed by atoms with van der Waals surface area (Å²) in [7, 11) is 0. The summed E-state index contributed by atoms with van der Waals surface area (Å²) in [5, 5.41) is 0. The summed E-state index contributed by atoms with van der Waals surface area (Å²) in [5.74, 6) is -1.31. The van der Waals surface area contributed by atoms with Crippen LogP contribution in [0.2, 0.25) is 0 Å². The number of esters is 1. The van der Waals surface area contributed by atoms with Gasteiger partial charge in [-0.05, 0) is 39.3 Å². The zero-order chi connectivity index (χ0) is 19.9. The van der Waals surface area contributed by atoms with E-state index in [0.717, 1.165) is 5.56 Å². The van der Waals surface area contributed by atoms with E-state index < -0.39 is 23.6 Å². The van der Waals surface area contributed by atoms with E-state index >= 15 is 0 Å². The van der Waals surface area contributed by atoms with Gasteiger partial charge in [-0.2, -0.15) is 0 Å². The molecule has 1 aromatic carbocycles. The number of amides is 1. The van der Waals surface area contributed by atoms with E-state index in [4.69, 9.17) is 14.3 Å². The fourth-order valence-electron chi connectivity index (χ4n) is 2.65. The van der Waals surface area contributed by atoms with Crippen LogP contribution in [0.3, 0.4) is 0 Å². The first-order valence-corrected chi connectivity index (χ1v) is 8.84. The van der Waals surface area contributed by atoms with Crippen LogP contribution in [0, 0.1) is 5.92 Å². The third-order valence-electron chi connectivity index (χ3n) is 3.83. The Morgan fingerprint density at radius 2 is 1.89 bits per heavy atom. The molecule has 8 heteroatoms. The SMILES string of the molecule is CC(C)(C)OC(=O)CN1CCC(C(=O)ONC(=O)OCc2ccccc2)C1. The van der Waals surface area contributed by atoms with Gasteiger partial charge in [-0.15, -0.1) is 5.48 Å². The van der Waals surface area contributed by atoms with Crippen molar-refractivity contribution in [1.29, 1.82) is 0 Å². The minimum Gasteiger partial charge on any atom is -0.459 e. The lowest BCUT2D eigenvalue weighted by Crippen LogP contribution is -2.35. The van der Waals surface area contributed by atoms with Crippen LogP contribution in [0.5, 0.6) is 0 Å². The predicted octanol–water partition coefficient (Wildman–Crippen LogP) is 2.03. The Labute approximate surface area is 158 Å². The highest BCUT2D eigenvalue weighted by Gasteiger charge is 2.32. The number of rotatable bonds is 5. The van der Waals surface area contributed by atoms with Crippen molar-refractivity contribution in [1.82, 2.24) is 10.4 Å². The number of carbonyl (C=O) groups excluding carboxylic acids is 3. The fourth-order valence-corrected chi connectivity index (χ4v) is 2.65. The average molecular weight is 378 g/mol. The monoisotopic (exact) mass is 378 g/mol. The molecule has 0 radical (unpaired) electrons. The molecule has 148 valence electrons. The maximum absolute atomic E-state index is 12.0. The van der Waals surface area contributed by atoms with Gasteiger partial charge in [0, 0.05) is 6.54 Å².